The van der Waals surface area contributed by atoms with Gasteiger partial charge in [0.05, 0.1) is 5.71 Å². The number of nitrogens with one attached hydrogen (secondary N) is 1. The molecule has 1 aromatic heterocycles. The lowest BCUT2D eigenvalue weighted by Gasteiger charge is -2.18. The smallest absolute Gasteiger partial charge is 0.428 e. The average molecular weight is 235 g/mol. The van der Waals surface area contributed by atoms with E-state index in [0.717, 1.165) is 5.56 Å². The maximum absolute atomic E-state index is 11.3. The third-order valence-corrected chi connectivity index (χ3v) is 1.79. The highest BCUT2D eigenvalue weighted by atomic mass is 16.6. The quantitative estimate of drug-likeness (QED) is 0.632. The maximum Gasteiger partial charge on any atom is 0.428 e. The van der Waals surface area contributed by atoms with Crippen LogP contribution in [0, 0.1) is 0 Å². The summed E-state index contributed by atoms with van der Waals surface area (Å²) in [5.41, 5.74) is 3.33. The van der Waals surface area contributed by atoms with Gasteiger partial charge in [0.25, 0.3) is 0 Å². The minimum absolute atomic E-state index is 0.526. The van der Waals surface area contributed by atoms with Crippen molar-refractivity contribution in [3.63, 3.8) is 0 Å². The van der Waals surface area contributed by atoms with Crippen LogP contribution in [0.3, 0.4) is 0 Å². The Labute approximate surface area is 101 Å². The van der Waals surface area contributed by atoms with E-state index in [1.165, 1.54) is 0 Å². The number of rotatable bonds is 2. The highest BCUT2D eigenvalue weighted by molar-refractivity contribution is 5.98. The first-order chi connectivity index (χ1) is 7.88. The Kier molecular flexibility index (Phi) is 4.20. The molecule has 0 radical (unpaired) electrons. The van der Waals surface area contributed by atoms with Gasteiger partial charge >= 0.3 is 6.09 Å². The van der Waals surface area contributed by atoms with E-state index in [1.54, 1.807) is 40.1 Å². The van der Waals surface area contributed by atoms with Crippen LogP contribution in [0.25, 0.3) is 0 Å². The van der Waals surface area contributed by atoms with Crippen LogP contribution >= 0.6 is 0 Å². The van der Waals surface area contributed by atoms with Crippen LogP contribution in [-0.2, 0) is 4.74 Å². The fourth-order valence-electron chi connectivity index (χ4n) is 1.07. The van der Waals surface area contributed by atoms with Crippen molar-refractivity contribution in [1.82, 2.24) is 10.4 Å². The van der Waals surface area contributed by atoms with E-state index < -0.39 is 11.7 Å². The number of aromatic nitrogens is 1. The molecule has 5 nitrogen and oxygen atoms in total. The van der Waals surface area contributed by atoms with Crippen LogP contribution in [0.2, 0.25) is 0 Å². The zero-order valence-corrected chi connectivity index (χ0v) is 10.5. The Balaban J connectivity index is 2.57. The summed E-state index contributed by atoms with van der Waals surface area (Å²) in [7, 11) is 0. The molecule has 0 fully saturated rings. The highest BCUT2D eigenvalue weighted by Gasteiger charge is 2.15. The monoisotopic (exact) mass is 235 g/mol. The van der Waals surface area contributed by atoms with Gasteiger partial charge in [-0.05, 0) is 33.8 Å². The van der Waals surface area contributed by atoms with Crippen molar-refractivity contribution in [2.45, 2.75) is 33.3 Å². The van der Waals surface area contributed by atoms with E-state index in [0.29, 0.717) is 5.71 Å². The van der Waals surface area contributed by atoms with E-state index in [-0.39, 0.29) is 0 Å². The van der Waals surface area contributed by atoms with Crippen LogP contribution in [0.15, 0.2) is 29.6 Å². The molecule has 1 N–H and O–H groups in total. The van der Waals surface area contributed by atoms with Gasteiger partial charge in [0.2, 0.25) is 0 Å². The normalized spacial score (nSPS) is 12.1. The zero-order chi connectivity index (χ0) is 12.9. The summed E-state index contributed by atoms with van der Waals surface area (Å²) in [4.78, 5) is 15.3. The molecule has 0 spiro atoms. The number of carbonyl (C=O) groups is 1. The van der Waals surface area contributed by atoms with Gasteiger partial charge in [0.1, 0.15) is 5.60 Å². The van der Waals surface area contributed by atoms with Crippen molar-refractivity contribution < 1.29 is 9.53 Å². The molecule has 0 unspecified atom stereocenters. The fraction of sp³-hybridized carbons (Fsp3) is 0.417. The van der Waals surface area contributed by atoms with Gasteiger partial charge < -0.3 is 4.74 Å². The van der Waals surface area contributed by atoms with Crippen LogP contribution in [0.4, 0.5) is 4.79 Å². The van der Waals surface area contributed by atoms with E-state index >= 15 is 0 Å². The first-order valence-corrected chi connectivity index (χ1v) is 5.32. The molecule has 1 rings (SSSR count). The highest BCUT2D eigenvalue weighted by Crippen LogP contribution is 2.06. The molecule has 17 heavy (non-hydrogen) atoms. The number of amides is 1. The zero-order valence-electron chi connectivity index (χ0n) is 10.5. The molecule has 92 valence electrons. The predicted octanol–water partition coefficient (Wildman–Crippen LogP) is 2.33. The minimum atomic E-state index is -0.569. The van der Waals surface area contributed by atoms with Crippen molar-refractivity contribution in [2.75, 3.05) is 0 Å². The Morgan fingerprint density at radius 1 is 1.47 bits per heavy atom. The number of pyridine rings is 1. The summed E-state index contributed by atoms with van der Waals surface area (Å²) in [6.07, 6.45) is 2.79. The molecule has 0 atom stereocenters. The number of carbonyl (C=O) groups excluding carboxylic acids is 1. The molecule has 0 saturated heterocycles. The average Bonchev–Trinajstić information content (AvgIpc) is 2.25. The number of ether oxygens (including phenoxy) is 1. The summed E-state index contributed by atoms with van der Waals surface area (Å²) >= 11 is 0. The summed E-state index contributed by atoms with van der Waals surface area (Å²) in [6.45, 7) is 7.17. The first kappa shape index (κ1) is 13.2. The number of nitrogens with zero attached hydrogens (tertiary/aromatic N) is 2. The van der Waals surface area contributed by atoms with Gasteiger partial charge in [0, 0.05) is 18.0 Å². The van der Waals surface area contributed by atoms with Gasteiger partial charge in [0.15, 0.2) is 0 Å². The predicted molar refractivity (Wildman–Crippen MR) is 65.8 cm³/mol. The molecule has 0 aliphatic heterocycles. The summed E-state index contributed by atoms with van der Waals surface area (Å²) in [5.74, 6) is 0. The topological polar surface area (TPSA) is 63.6 Å². The second kappa shape index (κ2) is 5.43. The lowest BCUT2D eigenvalue weighted by molar-refractivity contribution is 0.0529. The largest absolute Gasteiger partial charge is 0.443 e. The molecule has 0 saturated carbocycles. The molecule has 0 aliphatic rings. The molecule has 1 amide bonds. The Morgan fingerprint density at radius 2 is 2.18 bits per heavy atom. The molecule has 5 heteroatoms. The second-order valence-electron chi connectivity index (χ2n) is 4.55. The molecular formula is C12H17N3O2. The van der Waals surface area contributed by atoms with Crippen LogP contribution in [-0.4, -0.2) is 22.4 Å². The van der Waals surface area contributed by atoms with Crippen LogP contribution in [0.5, 0.6) is 0 Å². The van der Waals surface area contributed by atoms with E-state index in [2.05, 4.69) is 15.5 Å². The van der Waals surface area contributed by atoms with Crippen LogP contribution < -0.4 is 5.43 Å². The molecule has 0 aliphatic carbocycles. The van der Waals surface area contributed by atoms with Crippen molar-refractivity contribution >= 4 is 11.8 Å². The van der Waals surface area contributed by atoms with Crippen molar-refractivity contribution in [3.8, 4) is 0 Å². The lowest BCUT2D eigenvalue weighted by Crippen LogP contribution is -2.30. The molecular weight excluding hydrogens is 218 g/mol. The summed E-state index contributed by atoms with van der Waals surface area (Å²) in [5, 5.41) is 3.93. The molecule has 1 aromatic rings. The second-order valence-corrected chi connectivity index (χ2v) is 4.55. The number of hydrogen-bond acceptors (Lipinski definition) is 4. The fourth-order valence-corrected chi connectivity index (χ4v) is 1.07. The van der Waals surface area contributed by atoms with E-state index in [1.807, 2.05) is 12.1 Å². The van der Waals surface area contributed by atoms with Gasteiger partial charge in [-0.2, -0.15) is 5.10 Å². The van der Waals surface area contributed by atoms with E-state index in [9.17, 15) is 4.79 Å². The van der Waals surface area contributed by atoms with Gasteiger partial charge in [-0.15, -0.1) is 0 Å². The lowest BCUT2D eigenvalue weighted by atomic mass is 10.2. The number of hydrazone groups is 1. The van der Waals surface area contributed by atoms with Crippen molar-refractivity contribution in [2.24, 2.45) is 5.10 Å². The summed E-state index contributed by atoms with van der Waals surface area (Å²) < 4.78 is 5.05. The Bertz CT molecular complexity index is 408. The van der Waals surface area contributed by atoms with E-state index in [4.69, 9.17) is 4.74 Å². The standard InChI is InChI=1S/C12H17N3O2/c1-9(10-6-5-7-13-8-10)14-15-11(16)17-12(2,3)4/h5-8H,1-4H3,(H,15,16)/b14-9+. The first-order valence-electron chi connectivity index (χ1n) is 5.32. The third kappa shape index (κ3) is 5.10. The molecule has 1 heterocycles. The Morgan fingerprint density at radius 3 is 2.71 bits per heavy atom. The Hall–Kier alpha value is -1.91. The third-order valence-electron chi connectivity index (χ3n) is 1.79. The van der Waals surface area contributed by atoms with Crippen LogP contribution in [0.1, 0.15) is 33.3 Å². The van der Waals surface area contributed by atoms with Gasteiger partial charge in [-0.3, -0.25) is 4.98 Å². The van der Waals surface area contributed by atoms with Crippen molar-refractivity contribution in [3.05, 3.63) is 30.1 Å². The minimum Gasteiger partial charge on any atom is -0.443 e. The number of hydrogen-bond donors (Lipinski definition) is 1. The van der Waals surface area contributed by atoms with Crippen molar-refractivity contribution in [1.29, 1.82) is 0 Å². The molecule has 0 bridgehead atoms. The SMILES string of the molecule is C/C(=N\NC(=O)OC(C)(C)C)c1cccnc1. The van der Waals surface area contributed by atoms with Gasteiger partial charge in [-0.25, -0.2) is 10.2 Å². The maximum atomic E-state index is 11.3. The summed E-state index contributed by atoms with van der Waals surface area (Å²) in [6, 6.07) is 3.67. The molecule has 0 aromatic carbocycles. The van der Waals surface area contributed by atoms with Gasteiger partial charge in [-0.1, -0.05) is 6.07 Å².